The van der Waals surface area contributed by atoms with Crippen molar-refractivity contribution >= 4 is 12.8 Å². The Bertz CT molecular complexity index is 80.1. The summed E-state index contributed by atoms with van der Waals surface area (Å²) in [4.78, 5) is 0. The molecule has 4 heteroatoms. The van der Waals surface area contributed by atoms with Gasteiger partial charge in [-0.3, -0.25) is 0 Å². The molecule has 0 amide bonds. The Labute approximate surface area is 54.0 Å². The molecule has 0 aromatic carbocycles. The van der Waals surface area contributed by atoms with Crippen molar-refractivity contribution in [1.29, 1.82) is 0 Å². The van der Waals surface area contributed by atoms with Gasteiger partial charge < -0.3 is 10.8 Å². The van der Waals surface area contributed by atoms with Crippen LogP contribution in [0.2, 0.25) is 0 Å². The summed E-state index contributed by atoms with van der Waals surface area (Å²) < 4.78 is 1.72. The Morgan fingerprint density at radius 3 is 2.38 bits per heavy atom. The molecule has 0 aliphatic carbocycles. The summed E-state index contributed by atoms with van der Waals surface area (Å²) in [6, 6.07) is -0.104. The fourth-order valence-corrected chi connectivity index (χ4v) is 1.15. The van der Waals surface area contributed by atoms with Crippen LogP contribution in [0.3, 0.4) is 0 Å². The second-order valence-corrected chi connectivity index (χ2v) is 2.67. The van der Waals surface area contributed by atoms with Crippen LogP contribution in [0.4, 0.5) is 0 Å². The van der Waals surface area contributed by atoms with Crippen molar-refractivity contribution in [2.24, 2.45) is 5.73 Å². The molecule has 1 fully saturated rings. The second-order valence-electron chi connectivity index (χ2n) is 2.10. The smallest absolute Gasteiger partial charge is 0.0839 e. The van der Waals surface area contributed by atoms with Gasteiger partial charge >= 0.3 is 0 Å². The van der Waals surface area contributed by atoms with Crippen molar-refractivity contribution in [2.75, 3.05) is 13.1 Å². The van der Waals surface area contributed by atoms with Crippen molar-refractivity contribution in [3.8, 4) is 0 Å². The Balaban J connectivity index is 2.39. The van der Waals surface area contributed by atoms with Crippen LogP contribution in [-0.2, 0) is 0 Å². The summed E-state index contributed by atoms with van der Waals surface area (Å²) in [5.74, 6) is 0. The Hall–Kier alpha value is 0.230. The SMILES string of the molecule is N[C@H]1CN(S)C[C@@H]1O. The summed E-state index contributed by atoms with van der Waals surface area (Å²) >= 11 is 4.00. The van der Waals surface area contributed by atoms with Crippen molar-refractivity contribution in [3.05, 3.63) is 0 Å². The molecule has 1 rings (SSSR count). The number of β-amino-alcohol motifs (C(OH)–C–C–N with tert-alkyl or cyclic N) is 1. The molecule has 2 atom stereocenters. The van der Waals surface area contributed by atoms with E-state index in [2.05, 4.69) is 12.8 Å². The molecule has 1 heterocycles. The quantitative estimate of drug-likeness (QED) is 0.366. The largest absolute Gasteiger partial charge is 0.390 e. The van der Waals surface area contributed by atoms with Crippen LogP contribution in [0.5, 0.6) is 0 Å². The maximum Gasteiger partial charge on any atom is 0.0839 e. The highest BCUT2D eigenvalue weighted by Crippen LogP contribution is 2.08. The molecule has 48 valence electrons. The van der Waals surface area contributed by atoms with Crippen LogP contribution in [0, 0.1) is 0 Å². The first-order valence-corrected chi connectivity index (χ1v) is 2.97. The molecule has 0 spiro atoms. The zero-order valence-corrected chi connectivity index (χ0v) is 5.38. The van der Waals surface area contributed by atoms with E-state index in [0.717, 1.165) is 0 Å². The number of hydrogen-bond acceptors (Lipinski definition) is 4. The molecule has 0 unspecified atom stereocenters. The van der Waals surface area contributed by atoms with Gasteiger partial charge in [0.05, 0.1) is 6.10 Å². The number of aliphatic hydroxyl groups is 1. The second kappa shape index (κ2) is 2.23. The van der Waals surface area contributed by atoms with Crippen LogP contribution in [-0.4, -0.2) is 34.6 Å². The summed E-state index contributed by atoms with van der Waals surface area (Å²) in [5.41, 5.74) is 5.43. The number of aliphatic hydroxyl groups excluding tert-OH is 1. The van der Waals surface area contributed by atoms with E-state index in [1.165, 1.54) is 0 Å². The Morgan fingerprint density at radius 1 is 1.62 bits per heavy atom. The van der Waals surface area contributed by atoms with Crippen molar-refractivity contribution in [3.63, 3.8) is 0 Å². The molecule has 1 aliphatic heterocycles. The molecular weight excluding hydrogens is 124 g/mol. The Kier molecular flexibility index (Phi) is 1.77. The fraction of sp³-hybridized carbons (Fsp3) is 1.00. The zero-order chi connectivity index (χ0) is 6.15. The molecule has 3 nitrogen and oxygen atoms in total. The first-order valence-electron chi connectivity index (χ1n) is 2.57. The lowest BCUT2D eigenvalue weighted by Crippen LogP contribution is -2.32. The van der Waals surface area contributed by atoms with E-state index in [-0.39, 0.29) is 12.1 Å². The van der Waals surface area contributed by atoms with Gasteiger partial charge in [-0.05, 0) is 0 Å². The number of nitrogens with two attached hydrogens (primary N) is 1. The van der Waals surface area contributed by atoms with Gasteiger partial charge in [-0.1, -0.05) is 12.8 Å². The van der Waals surface area contributed by atoms with Crippen molar-refractivity contribution in [2.45, 2.75) is 12.1 Å². The van der Waals surface area contributed by atoms with Crippen molar-refractivity contribution in [1.82, 2.24) is 4.31 Å². The van der Waals surface area contributed by atoms with Gasteiger partial charge in [0.1, 0.15) is 0 Å². The number of nitrogens with zero attached hydrogens (tertiary/aromatic N) is 1. The van der Waals surface area contributed by atoms with E-state index >= 15 is 0 Å². The average Bonchev–Trinajstić information content (AvgIpc) is 1.85. The van der Waals surface area contributed by atoms with Gasteiger partial charge in [0.2, 0.25) is 0 Å². The van der Waals surface area contributed by atoms with E-state index in [1.54, 1.807) is 4.31 Å². The van der Waals surface area contributed by atoms with Crippen LogP contribution in [0.1, 0.15) is 0 Å². The van der Waals surface area contributed by atoms with E-state index in [1.807, 2.05) is 0 Å². The highest BCUT2D eigenvalue weighted by Gasteiger charge is 2.25. The fourth-order valence-electron chi connectivity index (χ4n) is 0.791. The summed E-state index contributed by atoms with van der Waals surface area (Å²) in [6.07, 6.45) is -0.382. The predicted octanol–water partition coefficient (Wildman–Crippen LogP) is -1.17. The molecule has 0 radical (unpaired) electrons. The number of hydrogen-bond donors (Lipinski definition) is 3. The van der Waals surface area contributed by atoms with Crippen LogP contribution in [0.15, 0.2) is 0 Å². The van der Waals surface area contributed by atoms with Gasteiger partial charge in [-0.2, -0.15) is 0 Å². The van der Waals surface area contributed by atoms with Gasteiger partial charge in [0.25, 0.3) is 0 Å². The zero-order valence-electron chi connectivity index (χ0n) is 4.49. The maximum atomic E-state index is 8.95. The number of rotatable bonds is 0. The lowest BCUT2D eigenvalue weighted by atomic mass is 10.2. The minimum Gasteiger partial charge on any atom is -0.390 e. The molecule has 0 aromatic rings. The van der Waals surface area contributed by atoms with Gasteiger partial charge in [-0.15, -0.1) is 0 Å². The van der Waals surface area contributed by atoms with E-state index in [0.29, 0.717) is 13.1 Å². The standard InChI is InChI=1S/C4H10N2OS/c5-3-1-6(8)2-4(3)7/h3-4,7-8H,1-2,5H2/t3-,4-/m0/s1. The van der Waals surface area contributed by atoms with Crippen LogP contribution in [0.25, 0.3) is 0 Å². The predicted molar refractivity (Wildman–Crippen MR) is 34.5 cm³/mol. The molecule has 1 aliphatic rings. The average molecular weight is 134 g/mol. The molecule has 0 saturated carbocycles. The topological polar surface area (TPSA) is 49.5 Å². The van der Waals surface area contributed by atoms with Gasteiger partial charge in [-0.25, -0.2) is 4.31 Å². The monoisotopic (exact) mass is 134 g/mol. The highest BCUT2D eigenvalue weighted by molar-refractivity contribution is 7.77. The summed E-state index contributed by atoms with van der Waals surface area (Å²) in [6.45, 7) is 1.27. The number of thiol groups is 1. The lowest BCUT2D eigenvalue weighted by Gasteiger charge is -2.02. The first-order chi connectivity index (χ1) is 3.70. The molecule has 8 heavy (non-hydrogen) atoms. The summed E-state index contributed by atoms with van der Waals surface area (Å²) in [7, 11) is 0. The van der Waals surface area contributed by atoms with Crippen LogP contribution >= 0.6 is 12.8 Å². The lowest BCUT2D eigenvalue weighted by molar-refractivity contribution is 0.175. The van der Waals surface area contributed by atoms with Crippen LogP contribution < -0.4 is 5.73 Å². The van der Waals surface area contributed by atoms with Gasteiger partial charge in [0, 0.05) is 19.1 Å². The first kappa shape index (κ1) is 6.35. The van der Waals surface area contributed by atoms with Crippen molar-refractivity contribution < 1.29 is 5.11 Å². The molecule has 0 aromatic heterocycles. The third-order valence-corrected chi connectivity index (χ3v) is 1.64. The normalized spacial score (nSPS) is 40.9. The molecular formula is C4H10N2OS. The third kappa shape index (κ3) is 1.14. The summed E-state index contributed by atoms with van der Waals surface area (Å²) in [5, 5.41) is 8.95. The van der Waals surface area contributed by atoms with Gasteiger partial charge in [0.15, 0.2) is 0 Å². The minimum atomic E-state index is -0.382. The highest BCUT2D eigenvalue weighted by atomic mass is 32.1. The molecule has 3 N–H and O–H groups in total. The third-order valence-electron chi connectivity index (χ3n) is 1.31. The van der Waals surface area contributed by atoms with E-state index in [4.69, 9.17) is 10.8 Å². The maximum absolute atomic E-state index is 8.95. The molecule has 1 saturated heterocycles. The minimum absolute atomic E-state index is 0.104. The molecule has 0 bridgehead atoms. The van der Waals surface area contributed by atoms with E-state index in [9.17, 15) is 0 Å². The van der Waals surface area contributed by atoms with E-state index < -0.39 is 0 Å². The Morgan fingerprint density at radius 2 is 2.25 bits per heavy atom.